The molecule has 0 atom stereocenters. The molecular formula is C23H24N6O. The first-order chi connectivity index (χ1) is 14.9. The first-order valence-electron chi connectivity index (χ1n) is 10.6. The lowest BCUT2D eigenvalue weighted by atomic mass is 10.1. The summed E-state index contributed by atoms with van der Waals surface area (Å²) in [6.07, 6.45) is 4.67. The second-order valence-electron chi connectivity index (χ2n) is 7.99. The summed E-state index contributed by atoms with van der Waals surface area (Å²) in [5.74, 6) is 2.90. The van der Waals surface area contributed by atoms with Crippen LogP contribution in [-0.4, -0.2) is 47.8 Å². The van der Waals surface area contributed by atoms with Gasteiger partial charge in [0.1, 0.15) is 11.6 Å². The molecule has 3 aliphatic rings. The maximum atomic E-state index is 5.55. The first kappa shape index (κ1) is 17.7. The van der Waals surface area contributed by atoms with Crippen molar-refractivity contribution in [1.82, 2.24) is 15.0 Å². The van der Waals surface area contributed by atoms with E-state index in [1.165, 1.54) is 16.7 Å². The Labute approximate surface area is 175 Å². The molecule has 6 rings (SSSR count). The van der Waals surface area contributed by atoms with E-state index in [0.717, 1.165) is 75.6 Å². The van der Waals surface area contributed by atoms with Gasteiger partial charge in [0.2, 0.25) is 5.95 Å². The highest BCUT2D eigenvalue weighted by atomic mass is 16.5. The second-order valence-corrected chi connectivity index (χ2v) is 7.99. The van der Waals surface area contributed by atoms with Crippen molar-refractivity contribution < 1.29 is 4.74 Å². The minimum Gasteiger partial charge on any atom is -0.378 e. The van der Waals surface area contributed by atoms with Crippen LogP contribution in [-0.2, 0) is 24.2 Å². The Balaban J connectivity index is 1.44. The minimum atomic E-state index is 0.719. The molecule has 3 aromatic rings. The zero-order valence-corrected chi connectivity index (χ0v) is 16.9. The molecule has 0 N–H and O–H groups in total. The van der Waals surface area contributed by atoms with Crippen molar-refractivity contribution in [2.24, 2.45) is 0 Å². The third-order valence-electron chi connectivity index (χ3n) is 6.18. The van der Waals surface area contributed by atoms with Gasteiger partial charge in [0.25, 0.3) is 0 Å². The van der Waals surface area contributed by atoms with Crippen molar-refractivity contribution in [1.29, 1.82) is 0 Å². The van der Waals surface area contributed by atoms with Gasteiger partial charge in [-0.05, 0) is 29.7 Å². The van der Waals surface area contributed by atoms with Gasteiger partial charge >= 0.3 is 0 Å². The fourth-order valence-electron chi connectivity index (χ4n) is 4.64. The molecule has 0 saturated carbocycles. The van der Waals surface area contributed by atoms with Crippen molar-refractivity contribution in [3.8, 4) is 0 Å². The molecule has 5 heterocycles. The standard InChI is InChI=1S/C23H24N6O/c1-2-5-18-16-28(15-17(18)4-1)21-20-7-9-29(19-6-3-8-24-14-19)22(20)26-23(25-21)27-10-12-30-13-11-27/h1-6,8,14H,7,9-13,15-16H2. The average molecular weight is 400 g/mol. The molecular weight excluding hydrogens is 376 g/mol. The molecule has 0 spiro atoms. The van der Waals surface area contributed by atoms with Gasteiger partial charge < -0.3 is 19.4 Å². The lowest BCUT2D eigenvalue weighted by molar-refractivity contribution is 0.122. The topological polar surface area (TPSA) is 57.6 Å². The molecule has 0 radical (unpaired) electrons. The highest BCUT2D eigenvalue weighted by molar-refractivity contribution is 5.73. The predicted octanol–water partition coefficient (Wildman–Crippen LogP) is 2.92. The third kappa shape index (κ3) is 2.97. The van der Waals surface area contributed by atoms with Gasteiger partial charge in [-0.25, -0.2) is 0 Å². The SMILES string of the molecule is c1cncc(N2CCc3c(N4Cc5ccccc5C4)nc(N4CCOCC4)nc32)c1. The van der Waals surface area contributed by atoms with Crippen LogP contribution in [0.15, 0.2) is 48.8 Å². The van der Waals surface area contributed by atoms with Gasteiger partial charge in [-0.15, -0.1) is 0 Å². The van der Waals surface area contributed by atoms with E-state index < -0.39 is 0 Å². The summed E-state index contributed by atoms with van der Waals surface area (Å²) in [6, 6.07) is 12.8. The molecule has 0 amide bonds. The number of morpholine rings is 1. The van der Waals surface area contributed by atoms with Crippen LogP contribution in [0, 0.1) is 0 Å². The predicted molar refractivity (Wildman–Crippen MR) is 116 cm³/mol. The molecule has 7 nitrogen and oxygen atoms in total. The first-order valence-corrected chi connectivity index (χ1v) is 10.6. The Morgan fingerprint density at radius 1 is 0.800 bits per heavy atom. The molecule has 1 aromatic carbocycles. The average Bonchev–Trinajstić information content (AvgIpc) is 3.44. The Morgan fingerprint density at radius 2 is 1.57 bits per heavy atom. The van der Waals surface area contributed by atoms with E-state index in [-0.39, 0.29) is 0 Å². The molecule has 0 aliphatic carbocycles. The van der Waals surface area contributed by atoms with Crippen LogP contribution >= 0.6 is 0 Å². The van der Waals surface area contributed by atoms with E-state index in [1.807, 2.05) is 18.5 Å². The van der Waals surface area contributed by atoms with E-state index in [0.29, 0.717) is 0 Å². The van der Waals surface area contributed by atoms with Crippen LogP contribution in [0.2, 0.25) is 0 Å². The Kier molecular flexibility index (Phi) is 4.27. The van der Waals surface area contributed by atoms with Crippen molar-refractivity contribution in [2.45, 2.75) is 19.5 Å². The van der Waals surface area contributed by atoms with Crippen LogP contribution in [0.3, 0.4) is 0 Å². The maximum Gasteiger partial charge on any atom is 0.229 e. The summed E-state index contributed by atoms with van der Waals surface area (Å²) in [5, 5.41) is 0. The van der Waals surface area contributed by atoms with E-state index in [2.05, 4.69) is 50.0 Å². The summed E-state index contributed by atoms with van der Waals surface area (Å²) in [7, 11) is 0. The summed E-state index contributed by atoms with van der Waals surface area (Å²) in [6.45, 7) is 5.78. The molecule has 7 heteroatoms. The fourth-order valence-corrected chi connectivity index (χ4v) is 4.64. The van der Waals surface area contributed by atoms with E-state index >= 15 is 0 Å². The van der Waals surface area contributed by atoms with Crippen molar-refractivity contribution in [3.63, 3.8) is 0 Å². The number of hydrogen-bond acceptors (Lipinski definition) is 7. The lowest BCUT2D eigenvalue weighted by Gasteiger charge is -2.29. The van der Waals surface area contributed by atoms with E-state index in [9.17, 15) is 0 Å². The van der Waals surface area contributed by atoms with Gasteiger partial charge in [-0.2, -0.15) is 9.97 Å². The molecule has 2 aromatic heterocycles. The Bertz CT molecular complexity index is 1040. The number of pyridine rings is 1. The lowest BCUT2D eigenvalue weighted by Crippen LogP contribution is -2.38. The number of benzene rings is 1. The van der Waals surface area contributed by atoms with Crippen LogP contribution in [0.25, 0.3) is 0 Å². The molecule has 0 unspecified atom stereocenters. The van der Waals surface area contributed by atoms with Gasteiger partial charge in [0.05, 0.1) is 25.1 Å². The number of anilines is 4. The number of ether oxygens (including phenoxy) is 1. The number of fused-ring (bicyclic) bond motifs is 2. The molecule has 1 saturated heterocycles. The third-order valence-corrected chi connectivity index (χ3v) is 6.18. The smallest absolute Gasteiger partial charge is 0.229 e. The van der Waals surface area contributed by atoms with Crippen LogP contribution in [0.1, 0.15) is 16.7 Å². The number of nitrogens with zero attached hydrogens (tertiary/aromatic N) is 6. The summed E-state index contributed by atoms with van der Waals surface area (Å²) >= 11 is 0. The second kappa shape index (κ2) is 7.25. The van der Waals surface area contributed by atoms with Crippen LogP contribution in [0.4, 0.5) is 23.3 Å². The normalized spacial score (nSPS) is 17.9. The summed E-state index contributed by atoms with van der Waals surface area (Å²) in [4.78, 5) is 21.4. The minimum absolute atomic E-state index is 0.719. The van der Waals surface area contributed by atoms with Gasteiger partial charge in [0.15, 0.2) is 0 Å². The Hall–Kier alpha value is -3.19. The molecule has 1 fully saturated rings. The quantitative estimate of drug-likeness (QED) is 0.670. The molecule has 0 bridgehead atoms. The van der Waals surface area contributed by atoms with Crippen molar-refractivity contribution in [3.05, 3.63) is 65.5 Å². The monoisotopic (exact) mass is 400 g/mol. The van der Waals surface area contributed by atoms with Crippen LogP contribution < -0.4 is 14.7 Å². The molecule has 3 aliphatic heterocycles. The largest absolute Gasteiger partial charge is 0.378 e. The van der Waals surface area contributed by atoms with E-state index in [4.69, 9.17) is 14.7 Å². The van der Waals surface area contributed by atoms with E-state index in [1.54, 1.807) is 0 Å². The number of aromatic nitrogens is 3. The highest BCUT2D eigenvalue weighted by Gasteiger charge is 2.32. The molecule has 152 valence electrons. The van der Waals surface area contributed by atoms with Gasteiger partial charge in [-0.1, -0.05) is 24.3 Å². The van der Waals surface area contributed by atoms with Gasteiger partial charge in [-0.3, -0.25) is 4.98 Å². The highest BCUT2D eigenvalue weighted by Crippen LogP contribution is 2.40. The van der Waals surface area contributed by atoms with Crippen molar-refractivity contribution in [2.75, 3.05) is 47.5 Å². The van der Waals surface area contributed by atoms with Gasteiger partial charge in [0, 0.05) is 44.5 Å². The fraction of sp³-hybridized carbons (Fsp3) is 0.348. The molecule has 30 heavy (non-hydrogen) atoms. The number of hydrogen-bond donors (Lipinski definition) is 0. The zero-order chi connectivity index (χ0) is 19.9. The summed E-state index contributed by atoms with van der Waals surface area (Å²) in [5.41, 5.74) is 5.10. The number of rotatable bonds is 3. The maximum absolute atomic E-state index is 5.55. The van der Waals surface area contributed by atoms with Crippen LogP contribution in [0.5, 0.6) is 0 Å². The Morgan fingerprint density at radius 3 is 2.30 bits per heavy atom. The summed E-state index contributed by atoms with van der Waals surface area (Å²) < 4.78 is 5.55. The van der Waals surface area contributed by atoms with Crippen molar-refractivity contribution >= 4 is 23.3 Å². The zero-order valence-electron chi connectivity index (χ0n) is 16.9.